The molecular formula is C13H26N+. The van der Waals surface area contributed by atoms with E-state index in [4.69, 9.17) is 0 Å². The molecule has 0 saturated carbocycles. The number of hydrogen-bond acceptors (Lipinski definition) is 0. The van der Waals surface area contributed by atoms with Crippen molar-refractivity contribution in [2.24, 2.45) is 11.8 Å². The fourth-order valence-electron chi connectivity index (χ4n) is 3.58. The molecule has 0 aromatic rings. The summed E-state index contributed by atoms with van der Waals surface area (Å²) in [6.45, 7) is 11.8. The SMILES string of the molecule is CC1CCC(C)[N+]2(CCCC2)CC1C. The van der Waals surface area contributed by atoms with Gasteiger partial charge in [0.15, 0.2) is 0 Å². The van der Waals surface area contributed by atoms with Gasteiger partial charge in [0.25, 0.3) is 0 Å². The lowest BCUT2D eigenvalue weighted by Gasteiger charge is -2.40. The van der Waals surface area contributed by atoms with Gasteiger partial charge in [-0.25, -0.2) is 0 Å². The topological polar surface area (TPSA) is 0 Å². The van der Waals surface area contributed by atoms with Crippen molar-refractivity contribution < 1.29 is 4.48 Å². The van der Waals surface area contributed by atoms with Gasteiger partial charge in [-0.1, -0.05) is 13.8 Å². The Balaban J connectivity index is 2.14. The standard InChI is InChI=1S/C13H26N/c1-11-6-7-13(3)14(10-12(11)2)8-4-5-9-14/h11-13H,4-10H2,1-3H3/q+1. The zero-order chi connectivity index (χ0) is 10.2. The second-order valence-corrected chi connectivity index (χ2v) is 5.94. The smallest absolute Gasteiger partial charge is 0.0861 e. The highest BCUT2D eigenvalue weighted by molar-refractivity contribution is 4.73. The average molecular weight is 196 g/mol. The van der Waals surface area contributed by atoms with E-state index in [-0.39, 0.29) is 0 Å². The molecule has 0 aromatic carbocycles. The predicted molar refractivity (Wildman–Crippen MR) is 61.1 cm³/mol. The van der Waals surface area contributed by atoms with Gasteiger partial charge in [0, 0.05) is 18.8 Å². The summed E-state index contributed by atoms with van der Waals surface area (Å²) < 4.78 is 1.46. The molecule has 0 radical (unpaired) electrons. The zero-order valence-corrected chi connectivity index (χ0v) is 10.1. The summed E-state index contributed by atoms with van der Waals surface area (Å²) in [7, 11) is 0. The number of rotatable bonds is 0. The van der Waals surface area contributed by atoms with E-state index in [1.54, 1.807) is 0 Å². The maximum atomic E-state index is 2.50. The molecule has 14 heavy (non-hydrogen) atoms. The zero-order valence-electron chi connectivity index (χ0n) is 10.1. The van der Waals surface area contributed by atoms with E-state index in [0.29, 0.717) is 0 Å². The fourth-order valence-corrected chi connectivity index (χ4v) is 3.58. The molecule has 0 aliphatic carbocycles. The van der Waals surface area contributed by atoms with Crippen LogP contribution < -0.4 is 0 Å². The predicted octanol–water partition coefficient (Wildman–Crippen LogP) is 3.05. The van der Waals surface area contributed by atoms with E-state index in [2.05, 4.69) is 20.8 Å². The first-order valence-corrected chi connectivity index (χ1v) is 6.50. The van der Waals surface area contributed by atoms with Crippen LogP contribution in [0.5, 0.6) is 0 Å². The van der Waals surface area contributed by atoms with Gasteiger partial charge < -0.3 is 4.48 Å². The van der Waals surface area contributed by atoms with E-state index in [1.165, 1.54) is 49.8 Å². The Morgan fingerprint density at radius 3 is 2.14 bits per heavy atom. The van der Waals surface area contributed by atoms with Gasteiger partial charge in [0.05, 0.1) is 25.7 Å². The fraction of sp³-hybridized carbons (Fsp3) is 1.00. The molecule has 0 N–H and O–H groups in total. The van der Waals surface area contributed by atoms with Crippen LogP contribution in [0.15, 0.2) is 0 Å². The van der Waals surface area contributed by atoms with Crippen LogP contribution in [0.2, 0.25) is 0 Å². The van der Waals surface area contributed by atoms with Gasteiger partial charge in [0.1, 0.15) is 0 Å². The summed E-state index contributed by atoms with van der Waals surface area (Å²) in [5.74, 6) is 1.90. The van der Waals surface area contributed by atoms with Crippen LogP contribution in [0.3, 0.4) is 0 Å². The molecule has 2 aliphatic heterocycles. The van der Waals surface area contributed by atoms with E-state index >= 15 is 0 Å². The summed E-state index contributed by atoms with van der Waals surface area (Å²) in [5.41, 5.74) is 0. The van der Waals surface area contributed by atoms with Crippen molar-refractivity contribution in [1.82, 2.24) is 0 Å². The van der Waals surface area contributed by atoms with Gasteiger partial charge in [-0.2, -0.15) is 0 Å². The van der Waals surface area contributed by atoms with Gasteiger partial charge in [-0.15, -0.1) is 0 Å². The maximum Gasteiger partial charge on any atom is 0.0861 e. The van der Waals surface area contributed by atoms with Gasteiger partial charge in [-0.05, 0) is 25.7 Å². The lowest BCUT2D eigenvalue weighted by molar-refractivity contribution is -0.940. The molecular weight excluding hydrogens is 170 g/mol. The lowest BCUT2D eigenvalue weighted by atomic mass is 9.92. The Kier molecular flexibility index (Phi) is 2.88. The molecule has 3 atom stereocenters. The van der Waals surface area contributed by atoms with Gasteiger partial charge in [0.2, 0.25) is 0 Å². The van der Waals surface area contributed by atoms with Crippen molar-refractivity contribution in [3.8, 4) is 0 Å². The maximum absolute atomic E-state index is 2.50. The first-order chi connectivity index (χ1) is 6.64. The van der Waals surface area contributed by atoms with Crippen LogP contribution in [-0.2, 0) is 0 Å². The van der Waals surface area contributed by atoms with Crippen LogP contribution in [-0.4, -0.2) is 30.2 Å². The van der Waals surface area contributed by atoms with Crippen LogP contribution in [0, 0.1) is 11.8 Å². The molecule has 2 fully saturated rings. The monoisotopic (exact) mass is 196 g/mol. The largest absolute Gasteiger partial charge is 0.321 e. The van der Waals surface area contributed by atoms with Crippen molar-refractivity contribution in [2.75, 3.05) is 19.6 Å². The van der Waals surface area contributed by atoms with Crippen LogP contribution in [0.1, 0.15) is 46.5 Å². The molecule has 3 unspecified atom stereocenters. The van der Waals surface area contributed by atoms with Crippen molar-refractivity contribution in [3.63, 3.8) is 0 Å². The van der Waals surface area contributed by atoms with Crippen LogP contribution >= 0.6 is 0 Å². The molecule has 1 heteroatoms. The minimum Gasteiger partial charge on any atom is -0.321 e. The summed E-state index contributed by atoms with van der Waals surface area (Å²) in [4.78, 5) is 0. The molecule has 1 nitrogen and oxygen atoms in total. The van der Waals surface area contributed by atoms with Gasteiger partial charge >= 0.3 is 0 Å². The van der Waals surface area contributed by atoms with Crippen molar-refractivity contribution in [1.29, 1.82) is 0 Å². The highest BCUT2D eigenvalue weighted by Crippen LogP contribution is 2.34. The Morgan fingerprint density at radius 2 is 1.50 bits per heavy atom. The molecule has 2 aliphatic rings. The molecule has 0 bridgehead atoms. The van der Waals surface area contributed by atoms with E-state index in [9.17, 15) is 0 Å². The van der Waals surface area contributed by atoms with E-state index in [0.717, 1.165) is 17.9 Å². The second kappa shape index (κ2) is 3.84. The second-order valence-electron chi connectivity index (χ2n) is 5.94. The molecule has 1 spiro atoms. The third-order valence-corrected chi connectivity index (χ3v) is 5.05. The molecule has 2 heterocycles. The molecule has 0 amide bonds. The summed E-state index contributed by atoms with van der Waals surface area (Å²) in [6.07, 6.45) is 5.88. The quantitative estimate of drug-likeness (QED) is 0.522. The van der Waals surface area contributed by atoms with Crippen LogP contribution in [0.4, 0.5) is 0 Å². The number of nitrogens with zero attached hydrogens (tertiary/aromatic N) is 1. The van der Waals surface area contributed by atoms with Gasteiger partial charge in [-0.3, -0.25) is 0 Å². The molecule has 0 aromatic heterocycles. The minimum atomic E-state index is 0.935. The number of hydrogen-bond donors (Lipinski definition) is 0. The summed E-state index contributed by atoms with van der Waals surface area (Å²) in [5, 5.41) is 0. The third kappa shape index (κ3) is 1.71. The third-order valence-electron chi connectivity index (χ3n) is 5.05. The molecule has 82 valence electrons. The normalized spacial score (nSPS) is 42.6. The Labute approximate surface area is 89.1 Å². The number of quaternary nitrogens is 1. The Hall–Kier alpha value is -0.0400. The molecule has 2 saturated heterocycles. The van der Waals surface area contributed by atoms with E-state index in [1.807, 2.05) is 0 Å². The minimum absolute atomic E-state index is 0.935. The summed E-state index contributed by atoms with van der Waals surface area (Å²) >= 11 is 0. The molecule has 2 rings (SSSR count). The van der Waals surface area contributed by atoms with Crippen LogP contribution in [0.25, 0.3) is 0 Å². The Bertz CT molecular complexity index is 193. The first kappa shape index (κ1) is 10.5. The highest BCUT2D eigenvalue weighted by Gasteiger charge is 2.41. The lowest BCUT2D eigenvalue weighted by Crippen LogP contribution is -2.53. The first-order valence-electron chi connectivity index (χ1n) is 6.50. The van der Waals surface area contributed by atoms with Crippen molar-refractivity contribution >= 4 is 0 Å². The Morgan fingerprint density at radius 1 is 0.857 bits per heavy atom. The highest BCUT2D eigenvalue weighted by atomic mass is 15.4. The summed E-state index contributed by atoms with van der Waals surface area (Å²) in [6, 6.07) is 0.935. The van der Waals surface area contributed by atoms with E-state index < -0.39 is 0 Å². The van der Waals surface area contributed by atoms with Crippen molar-refractivity contribution in [2.45, 2.75) is 52.5 Å². The van der Waals surface area contributed by atoms with Crippen molar-refractivity contribution in [3.05, 3.63) is 0 Å². The average Bonchev–Trinajstić information content (AvgIpc) is 2.59.